The molecular formula is C16H22N2S. The quantitative estimate of drug-likeness (QED) is 0.913. The molecule has 1 aromatic rings. The molecule has 5 rings (SSSR count). The highest BCUT2D eigenvalue weighted by atomic mass is 32.1. The minimum Gasteiger partial charge on any atom is -0.325 e. The van der Waals surface area contributed by atoms with E-state index in [1.165, 1.54) is 37.7 Å². The topological polar surface area (TPSA) is 38.9 Å². The van der Waals surface area contributed by atoms with Gasteiger partial charge in [0.2, 0.25) is 0 Å². The van der Waals surface area contributed by atoms with Gasteiger partial charge >= 0.3 is 0 Å². The fourth-order valence-electron chi connectivity index (χ4n) is 5.18. The van der Waals surface area contributed by atoms with Crippen LogP contribution in [0.25, 0.3) is 5.57 Å². The molecule has 0 radical (unpaired) electrons. The molecule has 3 heteroatoms. The Morgan fingerprint density at radius 3 is 2.37 bits per heavy atom. The van der Waals surface area contributed by atoms with E-state index >= 15 is 0 Å². The Kier molecular flexibility index (Phi) is 2.82. The van der Waals surface area contributed by atoms with E-state index < -0.39 is 0 Å². The van der Waals surface area contributed by atoms with Crippen LogP contribution >= 0.6 is 11.3 Å². The largest absolute Gasteiger partial charge is 0.325 e. The lowest BCUT2D eigenvalue weighted by molar-refractivity contribution is -0.0119. The van der Waals surface area contributed by atoms with E-state index in [0.717, 1.165) is 34.4 Å². The average molecular weight is 274 g/mol. The first kappa shape index (κ1) is 12.1. The molecule has 19 heavy (non-hydrogen) atoms. The molecular weight excluding hydrogens is 252 g/mol. The molecule has 102 valence electrons. The molecule has 1 aromatic heterocycles. The summed E-state index contributed by atoms with van der Waals surface area (Å²) in [5.41, 5.74) is 8.01. The lowest BCUT2D eigenvalue weighted by atomic mass is 9.51. The van der Waals surface area contributed by atoms with Crippen molar-refractivity contribution in [1.29, 1.82) is 0 Å². The van der Waals surface area contributed by atoms with E-state index in [0.29, 0.717) is 12.5 Å². The fourth-order valence-corrected chi connectivity index (χ4v) is 6.04. The number of rotatable bonds is 3. The summed E-state index contributed by atoms with van der Waals surface area (Å²) in [6, 6.07) is 0. The lowest BCUT2D eigenvalue weighted by Crippen LogP contribution is -2.45. The molecule has 0 saturated heterocycles. The minimum atomic E-state index is 0.547. The normalized spacial score (nSPS) is 39.7. The van der Waals surface area contributed by atoms with Gasteiger partial charge in [-0.2, -0.15) is 0 Å². The fraction of sp³-hybridized carbons (Fsp3) is 0.688. The summed E-state index contributed by atoms with van der Waals surface area (Å²) < 4.78 is 0. The summed E-state index contributed by atoms with van der Waals surface area (Å²) >= 11 is 1.74. The van der Waals surface area contributed by atoms with Crippen LogP contribution < -0.4 is 5.73 Å². The van der Waals surface area contributed by atoms with Crippen molar-refractivity contribution in [2.75, 3.05) is 0 Å². The van der Waals surface area contributed by atoms with Crippen LogP contribution in [-0.2, 0) is 6.54 Å². The first-order chi connectivity index (χ1) is 9.24. The SMILES string of the molecule is C=C(c1nc(CN)cs1)C1C2CC3CC(C2)CC1C3. The molecule has 4 aliphatic rings. The van der Waals surface area contributed by atoms with Crippen molar-refractivity contribution in [2.24, 2.45) is 35.3 Å². The summed E-state index contributed by atoms with van der Waals surface area (Å²) in [4.78, 5) is 4.66. The Morgan fingerprint density at radius 2 is 1.84 bits per heavy atom. The van der Waals surface area contributed by atoms with Gasteiger partial charge in [0.15, 0.2) is 0 Å². The maximum absolute atomic E-state index is 5.67. The first-order valence-corrected chi connectivity index (χ1v) is 8.46. The van der Waals surface area contributed by atoms with Crippen molar-refractivity contribution in [1.82, 2.24) is 4.98 Å². The summed E-state index contributed by atoms with van der Waals surface area (Å²) in [7, 11) is 0. The van der Waals surface area contributed by atoms with Crippen molar-refractivity contribution in [2.45, 2.75) is 38.6 Å². The Labute approximate surface area is 119 Å². The van der Waals surface area contributed by atoms with Gasteiger partial charge in [-0.3, -0.25) is 0 Å². The van der Waals surface area contributed by atoms with Crippen LogP contribution in [0.3, 0.4) is 0 Å². The van der Waals surface area contributed by atoms with Gasteiger partial charge in [0.1, 0.15) is 5.01 Å². The van der Waals surface area contributed by atoms with Crippen LogP contribution in [-0.4, -0.2) is 4.98 Å². The molecule has 0 amide bonds. The Balaban J connectivity index is 1.60. The zero-order valence-corrected chi connectivity index (χ0v) is 12.2. The second kappa shape index (κ2) is 4.42. The molecule has 0 spiro atoms. The molecule has 0 aliphatic heterocycles. The average Bonchev–Trinajstić information content (AvgIpc) is 2.86. The summed E-state index contributed by atoms with van der Waals surface area (Å²) in [6.07, 6.45) is 7.32. The molecule has 4 fully saturated rings. The van der Waals surface area contributed by atoms with Gasteiger partial charge in [-0.1, -0.05) is 6.58 Å². The molecule has 2 N–H and O–H groups in total. The van der Waals surface area contributed by atoms with Crippen molar-refractivity contribution >= 4 is 16.9 Å². The number of aromatic nitrogens is 1. The van der Waals surface area contributed by atoms with Crippen LogP contribution in [0.4, 0.5) is 0 Å². The lowest BCUT2D eigenvalue weighted by Gasteiger charge is -2.54. The van der Waals surface area contributed by atoms with Crippen LogP contribution in [0.1, 0.15) is 42.8 Å². The van der Waals surface area contributed by atoms with E-state index in [4.69, 9.17) is 5.73 Å². The highest BCUT2D eigenvalue weighted by molar-refractivity contribution is 7.10. The van der Waals surface area contributed by atoms with Crippen LogP contribution in [0.5, 0.6) is 0 Å². The highest BCUT2D eigenvalue weighted by Gasteiger charge is 2.49. The number of hydrogen-bond donors (Lipinski definition) is 1. The monoisotopic (exact) mass is 274 g/mol. The third-order valence-electron chi connectivity index (χ3n) is 5.66. The van der Waals surface area contributed by atoms with E-state index in [1.54, 1.807) is 11.3 Å². The Morgan fingerprint density at radius 1 is 1.21 bits per heavy atom. The van der Waals surface area contributed by atoms with E-state index in [9.17, 15) is 0 Å². The van der Waals surface area contributed by atoms with E-state index in [1.807, 2.05) is 0 Å². The minimum absolute atomic E-state index is 0.547. The van der Waals surface area contributed by atoms with Crippen molar-refractivity contribution in [3.05, 3.63) is 22.7 Å². The van der Waals surface area contributed by atoms with Crippen LogP contribution in [0.2, 0.25) is 0 Å². The third kappa shape index (κ3) is 1.90. The van der Waals surface area contributed by atoms with E-state index in [-0.39, 0.29) is 0 Å². The third-order valence-corrected chi connectivity index (χ3v) is 6.63. The van der Waals surface area contributed by atoms with Gasteiger partial charge in [-0.05, 0) is 67.3 Å². The molecule has 4 aliphatic carbocycles. The Hall–Kier alpha value is -0.670. The molecule has 4 bridgehead atoms. The Bertz CT molecular complexity index is 477. The molecule has 0 aromatic carbocycles. The van der Waals surface area contributed by atoms with Gasteiger partial charge in [-0.25, -0.2) is 4.98 Å². The van der Waals surface area contributed by atoms with Gasteiger partial charge in [0.05, 0.1) is 5.69 Å². The molecule has 1 heterocycles. The number of nitrogens with two attached hydrogens (primary N) is 1. The predicted molar refractivity (Wildman–Crippen MR) is 79.6 cm³/mol. The van der Waals surface area contributed by atoms with Crippen molar-refractivity contribution in [3.8, 4) is 0 Å². The van der Waals surface area contributed by atoms with Gasteiger partial charge in [0, 0.05) is 11.9 Å². The zero-order chi connectivity index (χ0) is 13.0. The van der Waals surface area contributed by atoms with Crippen molar-refractivity contribution in [3.63, 3.8) is 0 Å². The number of thiazole rings is 1. The van der Waals surface area contributed by atoms with Gasteiger partial charge < -0.3 is 5.73 Å². The van der Waals surface area contributed by atoms with Crippen LogP contribution in [0.15, 0.2) is 12.0 Å². The number of hydrogen-bond acceptors (Lipinski definition) is 3. The van der Waals surface area contributed by atoms with Crippen molar-refractivity contribution < 1.29 is 0 Å². The second-order valence-electron chi connectivity index (χ2n) is 6.83. The summed E-state index contributed by atoms with van der Waals surface area (Å²) in [6.45, 7) is 4.97. The predicted octanol–water partition coefficient (Wildman–Crippen LogP) is 3.69. The van der Waals surface area contributed by atoms with E-state index in [2.05, 4.69) is 16.9 Å². The molecule has 2 nitrogen and oxygen atoms in total. The molecule has 0 atom stereocenters. The maximum Gasteiger partial charge on any atom is 0.119 e. The standard InChI is InChI=1S/C16H22N2S/c1-9(16-18-14(7-17)8-19-16)15-12-3-10-2-11(5-12)6-13(15)4-10/h8,10-13,15H,1-7,17H2. The molecule has 0 unspecified atom stereocenters. The summed E-state index contributed by atoms with van der Waals surface area (Å²) in [5.74, 6) is 4.57. The summed E-state index contributed by atoms with van der Waals surface area (Å²) in [5, 5.41) is 3.24. The molecule has 4 saturated carbocycles. The van der Waals surface area contributed by atoms with Gasteiger partial charge in [-0.15, -0.1) is 11.3 Å². The maximum atomic E-state index is 5.67. The highest BCUT2D eigenvalue weighted by Crippen LogP contribution is 2.59. The first-order valence-electron chi connectivity index (χ1n) is 7.58. The zero-order valence-electron chi connectivity index (χ0n) is 11.3. The number of nitrogens with zero attached hydrogens (tertiary/aromatic N) is 1. The smallest absolute Gasteiger partial charge is 0.119 e. The number of allylic oxidation sites excluding steroid dienone is 1. The van der Waals surface area contributed by atoms with Crippen LogP contribution in [0, 0.1) is 29.6 Å². The van der Waals surface area contributed by atoms with Gasteiger partial charge in [0.25, 0.3) is 0 Å². The second-order valence-corrected chi connectivity index (χ2v) is 7.69.